The first-order chi connectivity index (χ1) is 14.1. The van der Waals surface area contributed by atoms with Crippen molar-refractivity contribution >= 4 is 17.5 Å². The number of amides is 2. The molecule has 0 fully saturated rings. The number of anilines is 1. The largest absolute Gasteiger partial charge is 0.497 e. The summed E-state index contributed by atoms with van der Waals surface area (Å²) < 4.78 is 10.4. The molecule has 0 spiro atoms. The molecule has 29 heavy (non-hydrogen) atoms. The first-order valence-electron chi connectivity index (χ1n) is 8.77. The second kappa shape index (κ2) is 9.32. The summed E-state index contributed by atoms with van der Waals surface area (Å²) in [6.45, 7) is 0.277. The fourth-order valence-corrected chi connectivity index (χ4v) is 2.56. The number of benzene rings is 1. The average molecular weight is 392 g/mol. The van der Waals surface area contributed by atoms with E-state index in [0.717, 1.165) is 5.69 Å². The van der Waals surface area contributed by atoms with Gasteiger partial charge in [0.1, 0.15) is 11.5 Å². The molecular formula is C21H20N4O4. The second-order valence-electron chi connectivity index (χ2n) is 5.99. The smallest absolute Gasteiger partial charge is 0.257 e. The van der Waals surface area contributed by atoms with E-state index in [0.29, 0.717) is 17.2 Å². The Hall–Kier alpha value is -3.94. The monoisotopic (exact) mass is 392 g/mol. The van der Waals surface area contributed by atoms with Gasteiger partial charge in [-0.05, 0) is 30.3 Å². The first-order valence-corrected chi connectivity index (χ1v) is 8.77. The SMILES string of the molecule is COc1ccc(NC(=O)c2cncc(C(=O)NCc3ccccn3)c2)c(OC)c1. The molecule has 0 aliphatic carbocycles. The van der Waals surface area contributed by atoms with Gasteiger partial charge in [0, 0.05) is 24.7 Å². The highest BCUT2D eigenvalue weighted by molar-refractivity contribution is 6.06. The van der Waals surface area contributed by atoms with Gasteiger partial charge in [-0.2, -0.15) is 0 Å². The molecule has 8 nitrogen and oxygen atoms in total. The molecular weight excluding hydrogens is 372 g/mol. The van der Waals surface area contributed by atoms with Crippen LogP contribution in [-0.2, 0) is 6.54 Å². The number of carbonyl (C=O) groups excluding carboxylic acids is 2. The van der Waals surface area contributed by atoms with Crippen molar-refractivity contribution in [3.63, 3.8) is 0 Å². The predicted molar refractivity (Wildman–Crippen MR) is 107 cm³/mol. The van der Waals surface area contributed by atoms with E-state index in [-0.39, 0.29) is 23.6 Å². The van der Waals surface area contributed by atoms with Crippen LogP contribution in [0.4, 0.5) is 5.69 Å². The number of rotatable bonds is 7. The van der Waals surface area contributed by atoms with Crippen LogP contribution in [0.3, 0.4) is 0 Å². The molecule has 2 amide bonds. The van der Waals surface area contributed by atoms with Gasteiger partial charge in [-0.15, -0.1) is 0 Å². The van der Waals surface area contributed by atoms with Gasteiger partial charge in [0.25, 0.3) is 11.8 Å². The van der Waals surface area contributed by atoms with Gasteiger partial charge >= 0.3 is 0 Å². The lowest BCUT2D eigenvalue weighted by atomic mass is 10.1. The molecule has 0 radical (unpaired) electrons. The molecule has 8 heteroatoms. The van der Waals surface area contributed by atoms with Crippen molar-refractivity contribution in [2.75, 3.05) is 19.5 Å². The maximum Gasteiger partial charge on any atom is 0.257 e. The van der Waals surface area contributed by atoms with Crippen molar-refractivity contribution in [3.8, 4) is 11.5 Å². The van der Waals surface area contributed by atoms with E-state index in [9.17, 15) is 9.59 Å². The third kappa shape index (κ3) is 5.07. The standard InChI is InChI=1S/C21H20N4O4/c1-28-17-6-7-18(19(10-17)29-2)25-21(27)15-9-14(11-22-12-15)20(26)24-13-16-5-3-4-8-23-16/h3-12H,13H2,1-2H3,(H,24,26)(H,25,27). The van der Waals surface area contributed by atoms with E-state index in [2.05, 4.69) is 20.6 Å². The number of methoxy groups -OCH3 is 2. The predicted octanol–water partition coefficient (Wildman–Crippen LogP) is 2.68. The highest BCUT2D eigenvalue weighted by Crippen LogP contribution is 2.29. The maximum absolute atomic E-state index is 12.6. The van der Waals surface area contributed by atoms with E-state index >= 15 is 0 Å². The van der Waals surface area contributed by atoms with Gasteiger partial charge in [0.2, 0.25) is 0 Å². The third-order valence-corrected chi connectivity index (χ3v) is 4.08. The lowest BCUT2D eigenvalue weighted by Gasteiger charge is -2.12. The van der Waals surface area contributed by atoms with Crippen LogP contribution in [0.5, 0.6) is 11.5 Å². The molecule has 0 saturated carbocycles. The van der Waals surface area contributed by atoms with Crippen LogP contribution in [0, 0.1) is 0 Å². The fourth-order valence-electron chi connectivity index (χ4n) is 2.56. The van der Waals surface area contributed by atoms with Crippen LogP contribution in [0.2, 0.25) is 0 Å². The number of ether oxygens (including phenoxy) is 2. The van der Waals surface area contributed by atoms with Crippen LogP contribution in [0.15, 0.2) is 61.1 Å². The number of hydrogen-bond donors (Lipinski definition) is 2. The minimum Gasteiger partial charge on any atom is -0.497 e. The number of carbonyl (C=O) groups is 2. The van der Waals surface area contributed by atoms with Crippen molar-refractivity contribution in [1.82, 2.24) is 15.3 Å². The van der Waals surface area contributed by atoms with Crippen LogP contribution in [-0.4, -0.2) is 36.0 Å². The zero-order valence-electron chi connectivity index (χ0n) is 16.0. The zero-order valence-corrected chi connectivity index (χ0v) is 16.0. The molecule has 3 aromatic rings. The number of pyridine rings is 2. The number of nitrogens with zero attached hydrogens (tertiary/aromatic N) is 2. The molecule has 2 aromatic heterocycles. The Labute approximate surface area is 167 Å². The Morgan fingerprint density at radius 3 is 2.45 bits per heavy atom. The van der Waals surface area contributed by atoms with E-state index < -0.39 is 5.91 Å². The van der Waals surface area contributed by atoms with E-state index in [1.807, 2.05) is 12.1 Å². The minimum absolute atomic E-state index is 0.244. The maximum atomic E-state index is 12.6. The summed E-state index contributed by atoms with van der Waals surface area (Å²) in [7, 11) is 3.04. The summed E-state index contributed by atoms with van der Waals surface area (Å²) in [4.78, 5) is 33.1. The highest BCUT2D eigenvalue weighted by Gasteiger charge is 2.14. The normalized spacial score (nSPS) is 10.1. The van der Waals surface area contributed by atoms with Crippen LogP contribution < -0.4 is 20.1 Å². The number of hydrogen-bond acceptors (Lipinski definition) is 6. The molecule has 1 aromatic carbocycles. The van der Waals surface area contributed by atoms with Crippen molar-refractivity contribution in [1.29, 1.82) is 0 Å². The van der Waals surface area contributed by atoms with Gasteiger partial charge in [-0.3, -0.25) is 19.6 Å². The van der Waals surface area contributed by atoms with E-state index in [1.54, 1.807) is 37.6 Å². The third-order valence-electron chi connectivity index (χ3n) is 4.08. The van der Waals surface area contributed by atoms with Gasteiger partial charge in [-0.1, -0.05) is 6.07 Å². The Balaban J connectivity index is 1.70. The number of aromatic nitrogens is 2. The minimum atomic E-state index is -0.416. The quantitative estimate of drug-likeness (QED) is 0.641. The highest BCUT2D eigenvalue weighted by atomic mass is 16.5. The molecule has 0 atom stereocenters. The fraction of sp³-hybridized carbons (Fsp3) is 0.143. The van der Waals surface area contributed by atoms with Crippen molar-refractivity contribution in [2.24, 2.45) is 0 Å². The summed E-state index contributed by atoms with van der Waals surface area (Å²) in [6.07, 6.45) is 4.45. The van der Waals surface area contributed by atoms with E-state index in [4.69, 9.17) is 9.47 Å². The van der Waals surface area contributed by atoms with Crippen molar-refractivity contribution in [2.45, 2.75) is 6.54 Å². The molecule has 2 heterocycles. The lowest BCUT2D eigenvalue weighted by Crippen LogP contribution is -2.24. The van der Waals surface area contributed by atoms with Gasteiger partial charge < -0.3 is 20.1 Å². The van der Waals surface area contributed by atoms with E-state index in [1.165, 1.54) is 25.6 Å². The Morgan fingerprint density at radius 1 is 0.966 bits per heavy atom. The molecule has 0 saturated heterocycles. The summed E-state index contributed by atoms with van der Waals surface area (Å²) in [5, 5.41) is 5.51. The molecule has 3 rings (SSSR count). The molecule has 0 aliphatic rings. The Bertz CT molecular complexity index is 1010. The first kappa shape index (κ1) is 19.8. The molecule has 148 valence electrons. The summed E-state index contributed by atoms with van der Waals surface area (Å²) >= 11 is 0. The van der Waals surface area contributed by atoms with Crippen LogP contribution >= 0.6 is 0 Å². The molecule has 0 aliphatic heterocycles. The molecule has 2 N–H and O–H groups in total. The Kier molecular flexibility index (Phi) is 6.36. The van der Waals surface area contributed by atoms with Crippen LogP contribution in [0.1, 0.15) is 26.4 Å². The molecule has 0 bridgehead atoms. The lowest BCUT2D eigenvalue weighted by molar-refractivity contribution is 0.0950. The zero-order chi connectivity index (χ0) is 20.6. The van der Waals surface area contributed by atoms with Crippen molar-refractivity contribution < 1.29 is 19.1 Å². The van der Waals surface area contributed by atoms with Gasteiger partial charge in [0.05, 0.1) is 43.3 Å². The Morgan fingerprint density at radius 2 is 1.76 bits per heavy atom. The summed E-state index contributed by atoms with van der Waals surface area (Å²) in [5.74, 6) is 0.295. The van der Waals surface area contributed by atoms with Gasteiger partial charge in [-0.25, -0.2) is 0 Å². The number of nitrogens with one attached hydrogen (secondary N) is 2. The topological polar surface area (TPSA) is 102 Å². The summed E-state index contributed by atoms with van der Waals surface area (Å²) in [5.41, 5.74) is 1.72. The summed E-state index contributed by atoms with van der Waals surface area (Å²) in [6, 6.07) is 12.0. The average Bonchev–Trinajstić information content (AvgIpc) is 2.78. The molecule has 0 unspecified atom stereocenters. The van der Waals surface area contributed by atoms with Crippen molar-refractivity contribution in [3.05, 3.63) is 77.9 Å². The van der Waals surface area contributed by atoms with Crippen LogP contribution in [0.25, 0.3) is 0 Å². The van der Waals surface area contributed by atoms with Gasteiger partial charge in [0.15, 0.2) is 0 Å². The second-order valence-corrected chi connectivity index (χ2v) is 5.99.